The molecule has 0 radical (unpaired) electrons. The predicted octanol–water partition coefficient (Wildman–Crippen LogP) is 3.64. The van der Waals surface area contributed by atoms with Crippen LogP contribution in [0.4, 0.5) is 11.5 Å². The number of anilines is 1. The fourth-order valence-electron chi connectivity index (χ4n) is 3.83. The number of allylic oxidation sites excluding steroid dienone is 1. The number of carbonyl (C=O) groups excluding carboxylic acids is 1. The maximum absolute atomic E-state index is 12.9. The summed E-state index contributed by atoms with van der Waals surface area (Å²) in [5.74, 6) is 0.242. The molecule has 0 spiro atoms. The molecule has 1 aliphatic heterocycles. The molecule has 0 aliphatic carbocycles. The van der Waals surface area contributed by atoms with Crippen molar-refractivity contribution in [2.75, 3.05) is 18.4 Å². The summed E-state index contributed by atoms with van der Waals surface area (Å²) in [7, 11) is 0. The van der Waals surface area contributed by atoms with Crippen LogP contribution in [0.5, 0.6) is 0 Å². The smallest absolute Gasteiger partial charge is 0.287 e. The second kappa shape index (κ2) is 12.6. The van der Waals surface area contributed by atoms with Crippen LogP contribution in [-0.4, -0.2) is 40.3 Å². The second-order valence-corrected chi connectivity index (χ2v) is 8.46. The number of aliphatic hydroxyl groups excluding tert-OH is 1. The number of ether oxygens (including phenoxy) is 2. The van der Waals surface area contributed by atoms with Crippen molar-refractivity contribution in [1.29, 1.82) is 0 Å². The highest BCUT2D eigenvalue weighted by molar-refractivity contribution is 5.91. The molecule has 2 atom stereocenters. The van der Waals surface area contributed by atoms with Crippen molar-refractivity contribution in [3.63, 3.8) is 0 Å². The number of pyridine rings is 1. The van der Waals surface area contributed by atoms with Gasteiger partial charge in [-0.3, -0.25) is 14.9 Å². The van der Waals surface area contributed by atoms with E-state index in [1.165, 1.54) is 18.3 Å². The minimum absolute atomic E-state index is 0.0190. The number of nitrogens with zero attached hydrogens (tertiary/aromatic N) is 2. The van der Waals surface area contributed by atoms with E-state index in [1.54, 1.807) is 0 Å². The first-order chi connectivity index (χ1) is 18.0. The first-order valence-electron chi connectivity index (χ1n) is 11.9. The lowest BCUT2D eigenvalue weighted by atomic mass is 9.93. The maximum Gasteiger partial charge on any atom is 0.287 e. The van der Waals surface area contributed by atoms with Crippen molar-refractivity contribution in [3.05, 3.63) is 112 Å². The molecule has 1 amide bonds. The van der Waals surface area contributed by atoms with E-state index in [9.17, 15) is 20.0 Å². The number of hydrogen-bond donors (Lipinski definition) is 3. The lowest BCUT2D eigenvalue weighted by Crippen LogP contribution is -2.35. The number of benzene rings is 2. The van der Waals surface area contributed by atoms with Gasteiger partial charge in [0.15, 0.2) is 5.76 Å². The van der Waals surface area contributed by atoms with Crippen molar-refractivity contribution < 1.29 is 24.3 Å². The molecule has 37 heavy (non-hydrogen) atoms. The standard InChI is InChI=1S/C27H28N4O6/c32-17-19-6-8-20(9-7-19)18-36-26-15-22(21-4-2-1-3-5-21)14-24(37-26)27(33)29-13-12-28-25-11-10-23(16-30-25)31(34)35/h1-11,14,16,22,26,32H,12-13,15,17-18H2,(H,28,30)(H,29,33)/t22-,26+/m0/s1. The highest BCUT2D eigenvalue weighted by Gasteiger charge is 2.28. The Hall–Kier alpha value is -4.28. The summed E-state index contributed by atoms with van der Waals surface area (Å²) in [5.41, 5.74) is 2.72. The number of amides is 1. The molecule has 3 N–H and O–H groups in total. The molecule has 2 heterocycles. The Balaban J connectivity index is 1.34. The number of carbonyl (C=O) groups is 1. The normalized spacial score (nSPS) is 16.8. The summed E-state index contributed by atoms with van der Waals surface area (Å²) in [4.78, 5) is 27.1. The summed E-state index contributed by atoms with van der Waals surface area (Å²) in [5, 5.41) is 25.8. The first-order valence-corrected chi connectivity index (χ1v) is 11.9. The van der Waals surface area contributed by atoms with Crippen LogP contribution in [0.2, 0.25) is 0 Å². The van der Waals surface area contributed by atoms with Gasteiger partial charge in [0.25, 0.3) is 11.6 Å². The molecule has 0 bridgehead atoms. The van der Waals surface area contributed by atoms with Crippen LogP contribution in [0.1, 0.15) is 29.0 Å². The van der Waals surface area contributed by atoms with E-state index >= 15 is 0 Å². The third-order valence-electron chi connectivity index (χ3n) is 5.83. The van der Waals surface area contributed by atoms with E-state index in [0.717, 1.165) is 16.7 Å². The first kappa shape index (κ1) is 25.8. The van der Waals surface area contributed by atoms with Gasteiger partial charge in [0, 0.05) is 31.5 Å². The van der Waals surface area contributed by atoms with Gasteiger partial charge in [-0.1, -0.05) is 54.6 Å². The minimum atomic E-state index is -0.615. The van der Waals surface area contributed by atoms with Crippen molar-refractivity contribution in [2.24, 2.45) is 0 Å². The van der Waals surface area contributed by atoms with Gasteiger partial charge >= 0.3 is 0 Å². The van der Waals surface area contributed by atoms with Crippen LogP contribution >= 0.6 is 0 Å². The van der Waals surface area contributed by atoms with Crippen LogP contribution in [0.15, 0.2) is 84.8 Å². The Bertz CT molecular complexity index is 1220. The number of rotatable bonds is 11. The lowest BCUT2D eigenvalue weighted by Gasteiger charge is -2.29. The molecule has 10 nitrogen and oxygen atoms in total. The average Bonchev–Trinajstić information content (AvgIpc) is 2.95. The summed E-state index contributed by atoms with van der Waals surface area (Å²) >= 11 is 0. The van der Waals surface area contributed by atoms with Crippen molar-refractivity contribution >= 4 is 17.4 Å². The molecule has 192 valence electrons. The third kappa shape index (κ3) is 7.35. The molecule has 0 saturated heterocycles. The second-order valence-electron chi connectivity index (χ2n) is 8.46. The molecule has 3 aromatic rings. The van der Waals surface area contributed by atoms with Gasteiger partial charge in [0.05, 0.1) is 18.1 Å². The largest absolute Gasteiger partial charge is 0.459 e. The van der Waals surface area contributed by atoms with Gasteiger partial charge < -0.3 is 25.2 Å². The van der Waals surface area contributed by atoms with E-state index in [1.807, 2.05) is 60.7 Å². The molecule has 1 aromatic heterocycles. The summed E-state index contributed by atoms with van der Waals surface area (Å²) < 4.78 is 11.9. The van der Waals surface area contributed by atoms with Gasteiger partial charge in [-0.05, 0) is 28.8 Å². The zero-order chi connectivity index (χ0) is 26.0. The molecule has 1 aliphatic rings. The van der Waals surface area contributed by atoms with Crippen LogP contribution in [-0.2, 0) is 27.5 Å². The van der Waals surface area contributed by atoms with E-state index < -0.39 is 11.2 Å². The van der Waals surface area contributed by atoms with Gasteiger partial charge in [-0.25, -0.2) is 4.98 Å². The number of aliphatic hydroxyl groups is 1. The van der Waals surface area contributed by atoms with Crippen molar-refractivity contribution in [2.45, 2.75) is 31.8 Å². The molecule has 4 rings (SSSR count). The van der Waals surface area contributed by atoms with E-state index in [4.69, 9.17) is 9.47 Å². The number of nitrogens with one attached hydrogen (secondary N) is 2. The highest BCUT2D eigenvalue weighted by Crippen LogP contribution is 2.31. The van der Waals surface area contributed by atoms with E-state index in [-0.39, 0.29) is 36.4 Å². The fourth-order valence-corrected chi connectivity index (χ4v) is 3.83. The van der Waals surface area contributed by atoms with Crippen LogP contribution < -0.4 is 10.6 Å². The zero-order valence-electron chi connectivity index (χ0n) is 20.1. The predicted molar refractivity (Wildman–Crippen MR) is 136 cm³/mol. The van der Waals surface area contributed by atoms with Crippen molar-refractivity contribution in [3.8, 4) is 0 Å². The SMILES string of the molecule is O=C(NCCNc1ccc([N+](=O)[O-])cn1)C1=C[C@H](c2ccccc2)C[C@H](OCc2ccc(CO)cc2)O1. The van der Waals surface area contributed by atoms with Gasteiger partial charge in [0.2, 0.25) is 6.29 Å². The monoisotopic (exact) mass is 504 g/mol. The number of nitro groups is 1. The molecular formula is C27H28N4O6. The topological polar surface area (TPSA) is 136 Å². The number of aromatic nitrogens is 1. The Kier molecular flexibility index (Phi) is 8.79. The minimum Gasteiger partial charge on any atom is -0.459 e. The summed E-state index contributed by atoms with van der Waals surface area (Å²) in [6, 6.07) is 20.2. The molecule has 10 heteroatoms. The summed E-state index contributed by atoms with van der Waals surface area (Å²) in [6.45, 7) is 0.945. The lowest BCUT2D eigenvalue weighted by molar-refractivity contribution is -0.385. The Morgan fingerprint density at radius 1 is 1.08 bits per heavy atom. The quantitative estimate of drug-likeness (QED) is 0.205. The molecule has 2 aromatic carbocycles. The maximum atomic E-state index is 12.9. The highest BCUT2D eigenvalue weighted by atomic mass is 16.7. The van der Waals surface area contributed by atoms with E-state index in [0.29, 0.717) is 25.4 Å². The molecular weight excluding hydrogens is 476 g/mol. The Labute approximate surface area is 214 Å². The fraction of sp³-hybridized carbons (Fsp3) is 0.259. The third-order valence-corrected chi connectivity index (χ3v) is 5.83. The summed E-state index contributed by atoms with van der Waals surface area (Å²) in [6.07, 6.45) is 2.93. The van der Waals surface area contributed by atoms with Gasteiger partial charge in [-0.15, -0.1) is 0 Å². The van der Waals surface area contributed by atoms with Gasteiger partial charge in [0.1, 0.15) is 12.0 Å². The Morgan fingerprint density at radius 3 is 2.51 bits per heavy atom. The van der Waals surface area contributed by atoms with Crippen LogP contribution in [0, 0.1) is 10.1 Å². The Morgan fingerprint density at radius 2 is 1.84 bits per heavy atom. The van der Waals surface area contributed by atoms with Gasteiger partial charge in [-0.2, -0.15) is 0 Å². The number of hydrogen-bond acceptors (Lipinski definition) is 8. The molecule has 0 fully saturated rings. The molecule has 0 saturated carbocycles. The van der Waals surface area contributed by atoms with Crippen LogP contribution in [0.3, 0.4) is 0 Å². The van der Waals surface area contributed by atoms with Crippen LogP contribution in [0.25, 0.3) is 0 Å². The zero-order valence-corrected chi connectivity index (χ0v) is 20.1. The average molecular weight is 505 g/mol. The van der Waals surface area contributed by atoms with Crippen molar-refractivity contribution in [1.82, 2.24) is 10.3 Å². The van der Waals surface area contributed by atoms with E-state index in [2.05, 4.69) is 15.6 Å². The molecule has 0 unspecified atom stereocenters.